The monoisotopic (exact) mass is 451 g/mol. The number of rotatable bonds is 2. The molecule has 0 bridgehead atoms. The Morgan fingerprint density at radius 3 is 2.44 bits per heavy atom. The molecule has 0 aliphatic carbocycles. The number of halogens is 6. The van der Waals surface area contributed by atoms with Crippen molar-refractivity contribution in [3.63, 3.8) is 0 Å². The summed E-state index contributed by atoms with van der Waals surface area (Å²) in [5.74, 6) is 0. The molecule has 0 spiro atoms. The molecule has 25 heavy (non-hydrogen) atoms. The zero-order chi connectivity index (χ0) is 18.4. The van der Waals surface area contributed by atoms with Crippen LogP contribution in [0.2, 0.25) is 10.0 Å². The van der Waals surface area contributed by atoms with Gasteiger partial charge in [0.05, 0.1) is 15.8 Å². The Labute approximate surface area is 160 Å². The number of alkyl halides is 3. The third-order valence-corrected chi connectivity index (χ3v) is 5.69. The molecule has 1 unspecified atom stereocenters. The minimum absolute atomic E-state index is 0.0272. The highest BCUT2D eigenvalue weighted by atomic mass is 79.9. The highest BCUT2D eigenvalue weighted by Crippen LogP contribution is 2.49. The quantitative estimate of drug-likeness (QED) is 0.500. The topological polar surface area (TPSA) is 21.6 Å². The van der Waals surface area contributed by atoms with E-state index in [1.54, 1.807) is 18.2 Å². The van der Waals surface area contributed by atoms with Crippen molar-refractivity contribution in [2.24, 2.45) is 5.16 Å². The Morgan fingerprint density at radius 2 is 1.84 bits per heavy atom. The van der Waals surface area contributed by atoms with Crippen molar-refractivity contribution in [3.8, 4) is 0 Å². The second-order valence-corrected chi connectivity index (χ2v) is 7.39. The first kappa shape index (κ1) is 18.5. The van der Waals surface area contributed by atoms with Gasteiger partial charge in [0.2, 0.25) is 0 Å². The van der Waals surface area contributed by atoms with E-state index in [0.29, 0.717) is 5.56 Å². The fourth-order valence-electron chi connectivity index (χ4n) is 2.63. The second kappa shape index (κ2) is 6.49. The van der Waals surface area contributed by atoms with E-state index < -0.39 is 18.2 Å². The molecule has 0 saturated heterocycles. The van der Waals surface area contributed by atoms with Crippen molar-refractivity contribution in [2.45, 2.75) is 25.1 Å². The highest BCUT2D eigenvalue weighted by Gasteiger charge is 2.62. The zero-order valence-corrected chi connectivity index (χ0v) is 15.9. The van der Waals surface area contributed by atoms with Crippen LogP contribution >= 0.6 is 39.1 Å². The van der Waals surface area contributed by atoms with Gasteiger partial charge >= 0.3 is 6.18 Å². The van der Waals surface area contributed by atoms with Crippen LogP contribution in [0, 0.1) is 6.92 Å². The molecule has 132 valence electrons. The predicted octanol–water partition coefficient (Wildman–Crippen LogP) is 6.65. The molecule has 0 radical (unpaired) electrons. The number of oxime groups is 1. The molecule has 2 nitrogen and oxygen atoms in total. The lowest BCUT2D eigenvalue weighted by Crippen LogP contribution is -2.42. The molecule has 1 aliphatic heterocycles. The van der Waals surface area contributed by atoms with E-state index in [2.05, 4.69) is 21.1 Å². The Bertz CT molecular complexity index is 869. The summed E-state index contributed by atoms with van der Waals surface area (Å²) in [5.41, 5.74) is -1.04. The lowest BCUT2D eigenvalue weighted by Gasteiger charge is -2.29. The molecule has 1 atom stereocenters. The third-order valence-electron chi connectivity index (χ3n) is 4.06. The molecule has 1 heterocycles. The molecule has 2 aromatic carbocycles. The van der Waals surface area contributed by atoms with Crippen molar-refractivity contribution in [1.29, 1.82) is 0 Å². The maximum Gasteiger partial charge on any atom is 0.435 e. The SMILES string of the molecule is Cc1cc(C2=NOC(c3ccc(Cl)c(Cl)c3)(C(F)(F)F)C2)ccc1Br. The normalized spacial score (nSPS) is 20.4. The zero-order valence-electron chi connectivity index (χ0n) is 12.8. The van der Waals surface area contributed by atoms with Crippen LogP contribution in [0.1, 0.15) is 23.1 Å². The summed E-state index contributed by atoms with van der Waals surface area (Å²) >= 11 is 15.1. The second-order valence-electron chi connectivity index (χ2n) is 5.72. The molecule has 0 amide bonds. The number of hydrogen-bond donors (Lipinski definition) is 0. The fourth-order valence-corrected chi connectivity index (χ4v) is 3.17. The van der Waals surface area contributed by atoms with Gasteiger partial charge in [0.15, 0.2) is 0 Å². The standard InChI is InChI=1S/C17H11BrCl2F3NO/c1-9-6-10(2-4-12(9)18)15-8-16(25-24-15,17(21,22)23)11-3-5-13(19)14(20)7-11/h2-7H,8H2,1H3. The Morgan fingerprint density at radius 1 is 1.12 bits per heavy atom. The Hall–Kier alpha value is -1.24. The average Bonchev–Trinajstić information content (AvgIpc) is 2.99. The molecule has 0 N–H and O–H groups in total. The molecular weight excluding hydrogens is 442 g/mol. The summed E-state index contributed by atoms with van der Waals surface area (Å²) in [7, 11) is 0. The van der Waals surface area contributed by atoms with Crippen LogP contribution in [-0.2, 0) is 10.4 Å². The molecule has 8 heteroatoms. The summed E-state index contributed by atoms with van der Waals surface area (Å²) in [6, 6.07) is 8.96. The lowest BCUT2D eigenvalue weighted by atomic mass is 9.86. The maximum atomic E-state index is 13.9. The molecule has 2 aromatic rings. The minimum atomic E-state index is -4.68. The van der Waals surface area contributed by atoms with E-state index in [1.165, 1.54) is 18.2 Å². The van der Waals surface area contributed by atoms with Crippen molar-refractivity contribution >= 4 is 44.8 Å². The first-order valence-corrected chi connectivity index (χ1v) is 8.73. The molecule has 0 aromatic heterocycles. The van der Waals surface area contributed by atoms with Gasteiger partial charge in [0, 0.05) is 16.5 Å². The van der Waals surface area contributed by atoms with E-state index in [0.717, 1.165) is 10.0 Å². The Kier molecular flexibility index (Phi) is 4.81. The summed E-state index contributed by atoms with van der Waals surface area (Å²) < 4.78 is 42.5. The third kappa shape index (κ3) is 3.27. The Balaban J connectivity index is 2.03. The van der Waals surface area contributed by atoms with Gasteiger partial charge in [0.25, 0.3) is 5.60 Å². The smallest absolute Gasteiger partial charge is 0.374 e. The number of nitrogens with zero attached hydrogens (tertiary/aromatic N) is 1. The number of hydrogen-bond acceptors (Lipinski definition) is 2. The van der Waals surface area contributed by atoms with Crippen LogP contribution in [0.25, 0.3) is 0 Å². The van der Waals surface area contributed by atoms with Crippen molar-refractivity contribution in [3.05, 3.63) is 67.6 Å². The summed E-state index contributed by atoms with van der Waals surface area (Å²) in [4.78, 5) is 4.97. The van der Waals surface area contributed by atoms with E-state index in [4.69, 9.17) is 28.0 Å². The van der Waals surface area contributed by atoms with Gasteiger partial charge in [-0.2, -0.15) is 13.2 Å². The van der Waals surface area contributed by atoms with Gasteiger partial charge in [-0.1, -0.05) is 56.4 Å². The van der Waals surface area contributed by atoms with Crippen LogP contribution in [0.5, 0.6) is 0 Å². The number of aryl methyl sites for hydroxylation is 1. The molecule has 0 saturated carbocycles. The van der Waals surface area contributed by atoms with Gasteiger partial charge in [-0.05, 0) is 42.3 Å². The van der Waals surface area contributed by atoms with E-state index in [-0.39, 0.29) is 21.3 Å². The van der Waals surface area contributed by atoms with Crippen LogP contribution in [0.15, 0.2) is 46.0 Å². The van der Waals surface area contributed by atoms with Crippen LogP contribution in [0.3, 0.4) is 0 Å². The van der Waals surface area contributed by atoms with Crippen molar-refractivity contribution < 1.29 is 18.0 Å². The van der Waals surface area contributed by atoms with Crippen LogP contribution in [-0.4, -0.2) is 11.9 Å². The van der Waals surface area contributed by atoms with Crippen molar-refractivity contribution in [1.82, 2.24) is 0 Å². The van der Waals surface area contributed by atoms with Gasteiger partial charge in [0.1, 0.15) is 0 Å². The number of benzene rings is 2. The molecule has 1 aliphatic rings. The van der Waals surface area contributed by atoms with Gasteiger partial charge in [-0.3, -0.25) is 0 Å². The summed E-state index contributed by atoms with van der Waals surface area (Å²) in [6.07, 6.45) is -5.13. The van der Waals surface area contributed by atoms with Crippen LogP contribution < -0.4 is 0 Å². The first-order chi connectivity index (χ1) is 11.6. The van der Waals surface area contributed by atoms with Gasteiger partial charge < -0.3 is 4.84 Å². The molecule has 3 rings (SSSR count). The highest BCUT2D eigenvalue weighted by molar-refractivity contribution is 9.10. The van der Waals surface area contributed by atoms with Crippen molar-refractivity contribution in [2.75, 3.05) is 0 Å². The van der Waals surface area contributed by atoms with E-state index >= 15 is 0 Å². The molecule has 0 fully saturated rings. The minimum Gasteiger partial charge on any atom is -0.374 e. The fraction of sp³-hybridized carbons (Fsp3) is 0.235. The van der Waals surface area contributed by atoms with E-state index in [1.807, 2.05) is 6.92 Å². The molecular formula is C17H11BrCl2F3NO. The van der Waals surface area contributed by atoms with Crippen LogP contribution in [0.4, 0.5) is 13.2 Å². The predicted molar refractivity (Wildman–Crippen MR) is 95.3 cm³/mol. The summed E-state index contributed by atoms with van der Waals surface area (Å²) in [5, 5.41) is 3.93. The summed E-state index contributed by atoms with van der Waals surface area (Å²) in [6.45, 7) is 1.85. The van der Waals surface area contributed by atoms with Gasteiger partial charge in [-0.15, -0.1) is 0 Å². The largest absolute Gasteiger partial charge is 0.435 e. The first-order valence-electron chi connectivity index (χ1n) is 7.18. The van der Waals surface area contributed by atoms with Gasteiger partial charge in [-0.25, -0.2) is 0 Å². The average molecular weight is 453 g/mol. The van der Waals surface area contributed by atoms with E-state index in [9.17, 15) is 13.2 Å². The maximum absolute atomic E-state index is 13.9. The lowest BCUT2D eigenvalue weighted by molar-refractivity contribution is -0.275.